The largest absolute Gasteiger partial charge is 0.390 e. The average molecular weight is 853 g/mol. The van der Waals surface area contributed by atoms with Crippen molar-refractivity contribution < 1.29 is 38.6 Å². The maximum atomic E-state index is 12.3. The molecule has 0 radical (unpaired) electrons. The normalized spacial score (nSPS) is 26.2. The van der Waals surface area contributed by atoms with Gasteiger partial charge in [0.05, 0.1) is 57.5 Å². The highest BCUT2D eigenvalue weighted by Crippen LogP contribution is 2.41. The first-order chi connectivity index (χ1) is 30.6. The lowest BCUT2D eigenvalue weighted by Gasteiger charge is -2.49. The molecule has 2 saturated carbocycles. The Balaban J connectivity index is 1.13. The molecule has 0 unspecified atom stereocenters. The highest BCUT2D eigenvalue weighted by atomic mass is 32.2. The molecule has 8 rings (SSSR count). The molecule has 0 spiro atoms. The minimum atomic E-state index is -0.975. The summed E-state index contributed by atoms with van der Waals surface area (Å²) in [4.78, 5) is 1.07. The van der Waals surface area contributed by atoms with Crippen LogP contribution < -0.4 is 0 Å². The van der Waals surface area contributed by atoms with E-state index < -0.39 is 54.9 Å². The van der Waals surface area contributed by atoms with Gasteiger partial charge in [-0.15, -0.1) is 11.8 Å². The molecule has 2 aliphatic carbocycles. The number of hydrogen-bond acceptors (Lipinski definition) is 9. The van der Waals surface area contributed by atoms with E-state index in [1.54, 1.807) is 11.8 Å². The van der Waals surface area contributed by atoms with Crippen LogP contribution in [0.2, 0.25) is 0 Å². The van der Waals surface area contributed by atoms with Gasteiger partial charge in [0.1, 0.15) is 30.5 Å². The van der Waals surface area contributed by atoms with E-state index in [4.69, 9.17) is 28.4 Å². The number of hydrogen-bond donors (Lipinski definition) is 2. The van der Waals surface area contributed by atoms with Gasteiger partial charge in [0.15, 0.2) is 0 Å². The van der Waals surface area contributed by atoms with Crippen molar-refractivity contribution in [3.8, 4) is 0 Å². The third-order valence-electron chi connectivity index (χ3n) is 11.5. The Morgan fingerprint density at radius 3 is 1.10 bits per heavy atom. The highest BCUT2D eigenvalue weighted by molar-refractivity contribution is 8.00. The van der Waals surface area contributed by atoms with Crippen molar-refractivity contribution in [2.45, 2.75) is 111 Å². The van der Waals surface area contributed by atoms with Gasteiger partial charge < -0.3 is 38.6 Å². The van der Waals surface area contributed by atoms with Gasteiger partial charge in [-0.25, -0.2) is 0 Å². The van der Waals surface area contributed by atoms with Crippen molar-refractivity contribution in [1.82, 2.24) is 0 Å². The summed E-state index contributed by atoms with van der Waals surface area (Å²) in [5.41, 5.74) is 4.97. The van der Waals surface area contributed by atoms with Crippen molar-refractivity contribution in [2.75, 3.05) is 0 Å². The summed E-state index contributed by atoms with van der Waals surface area (Å²) in [6.07, 6.45) is -6.29. The molecule has 9 heteroatoms. The molecule has 8 nitrogen and oxygen atoms in total. The van der Waals surface area contributed by atoms with Gasteiger partial charge >= 0.3 is 0 Å². The van der Waals surface area contributed by atoms with Crippen LogP contribution in [0.15, 0.2) is 187 Å². The third kappa shape index (κ3) is 12.1. The molecular weight excluding hydrogens is 797 g/mol. The smallest absolute Gasteiger partial charge is 0.115 e. The highest BCUT2D eigenvalue weighted by Gasteiger charge is 2.52. The minimum Gasteiger partial charge on any atom is -0.390 e. The maximum Gasteiger partial charge on any atom is 0.115 e. The zero-order valence-corrected chi connectivity index (χ0v) is 35.6. The molecule has 62 heavy (non-hydrogen) atoms. The van der Waals surface area contributed by atoms with E-state index in [0.717, 1.165) is 32.7 Å². The topological polar surface area (TPSA) is 95.8 Å². The van der Waals surface area contributed by atoms with E-state index in [1.165, 1.54) is 0 Å². The van der Waals surface area contributed by atoms with E-state index in [-0.39, 0.29) is 38.1 Å². The number of aliphatic hydroxyl groups excluding tert-OH is 2. The third-order valence-corrected chi connectivity index (χ3v) is 12.8. The number of rotatable bonds is 19. The SMILES string of the molecule is O[C@@H]1C[C@H](O[C@H]2[C@H](OCc3ccccc3)[C@@H](OCc3ccccc3)[C@H](Sc3ccccc3)C[C@@H]2O)[C@H](OCc2ccccc2)[C@@H](OCc2ccccc2)[C@@H]1OCc1ccccc1. The van der Waals surface area contributed by atoms with E-state index in [2.05, 4.69) is 24.3 Å². The Morgan fingerprint density at radius 2 is 0.677 bits per heavy atom. The van der Waals surface area contributed by atoms with Crippen molar-refractivity contribution in [3.63, 3.8) is 0 Å². The maximum absolute atomic E-state index is 12.3. The second-order valence-electron chi connectivity index (χ2n) is 16.0. The summed E-state index contributed by atoms with van der Waals surface area (Å²) in [7, 11) is 0. The van der Waals surface area contributed by atoms with Crippen LogP contribution in [0.5, 0.6) is 0 Å². The van der Waals surface area contributed by atoms with Gasteiger partial charge in [0, 0.05) is 16.6 Å². The van der Waals surface area contributed by atoms with Crippen LogP contribution >= 0.6 is 11.8 Å². The molecule has 0 aromatic heterocycles. The van der Waals surface area contributed by atoms with E-state index in [9.17, 15) is 10.2 Å². The predicted octanol–water partition coefficient (Wildman–Crippen LogP) is 9.36. The molecule has 2 fully saturated rings. The second kappa shape index (κ2) is 22.6. The van der Waals surface area contributed by atoms with Crippen LogP contribution in [0.25, 0.3) is 0 Å². The van der Waals surface area contributed by atoms with Crippen molar-refractivity contribution in [2.24, 2.45) is 0 Å². The summed E-state index contributed by atoms with van der Waals surface area (Å²) in [5, 5.41) is 24.3. The Kier molecular flexibility index (Phi) is 16.0. The summed E-state index contributed by atoms with van der Waals surface area (Å²) in [5.74, 6) is 0. The number of ether oxygens (including phenoxy) is 6. The average Bonchev–Trinajstić information content (AvgIpc) is 3.32. The molecule has 0 heterocycles. The van der Waals surface area contributed by atoms with Gasteiger partial charge in [-0.2, -0.15) is 0 Å². The molecular formula is C53H56O8S. The first-order valence-corrected chi connectivity index (χ1v) is 22.5. The monoisotopic (exact) mass is 852 g/mol. The van der Waals surface area contributed by atoms with Crippen molar-refractivity contribution in [1.29, 1.82) is 0 Å². The van der Waals surface area contributed by atoms with Crippen LogP contribution in [-0.2, 0) is 61.5 Å². The van der Waals surface area contributed by atoms with Crippen LogP contribution in [0.1, 0.15) is 40.7 Å². The fourth-order valence-electron chi connectivity index (χ4n) is 8.36. The zero-order chi connectivity index (χ0) is 42.4. The van der Waals surface area contributed by atoms with E-state index in [0.29, 0.717) is 13.0 Å². The predicted molar refractivity (Wildman–Crippen MR) is 241 cm³/mol. The van der Waals surface area contributed by atoms with Crippen molar-refractivity contribution in [3.05, 3.63) is 210 Å². The first kappa shape index (κ1) is 44.0. The molecule has 2 N–H and O–H groups in total. The lowest BCUT2D eigenvalue weighted by molar-refractivity contribution is -0.271. The van der Waals surface area contributed by atoms with E-state index >= 15 is 0 Å². The summed E-state index contributed by atoms with van der Waals surface area (Å²) in [6.45, 7) is 1.46. The van der Waals surface area contributed by atoms with Gasteiger partial charge in [-0.05, 0) is 46.4 Å². The first-order valence-electron chi connectivity index (χ1n) is 21.6. The van der Waals surface area contributed by atoms with Crippen molar-refractivity contribution >= 4 is 11.8 Å². The Morgan fingerprint density at radius 1 is 0.355 bits per heavy atom. The molecule has 6 aromatic carbocycles. The second-order valence-corrected chi connectivity index (χ2v) is 17.3. The van der Waals surface area contributed by atoms with Gasteiger partial charge in [-0.3, -0.25) is 0 Å². The number of thioether (sulfide) groups is 1. The van der Waals surface area contributed by atoms with Gasteiger partial charge in [0.2, 0.25) is 0 Å². The molecule has 2 aliphatic rings. The molecule has 10 atom stereocenters. The lowest BCUT2D eigenvalue weighted by atomic mass is 9.84. The Bertz CT molecular complexity index is 2150. The fourth-order valence-corrected chi connectivity index (χ4v) is 9.69. The standard InChI is InChI=1S/C53H56O8S/c54-44-31-46(50(57-34-39-21-9-2-10-22-39)52(59-36-41-25-13-4-14-26-41)48(44)56-33-38-19-7-1-8-20-38)61-49-45(55)32-47(62-43-29-17-6-18-30-43)51(58-35-40-23-11-3-12-24-40)53(49)60-37-42-27-15-5-16-28-42/h1-30,44-55H,31-37H2/t44-,45+,46+,47-,48-,49-,50+,51+,52+,53+/m1/s1. The zero-order valence-electron chi connectivity index (χ0n) is 34.8. The van der Waals surface area contributed by atoms with Crippen LogP contribution in [-0.4, -0.2) is 70.4 Å². The van der Waals surface area contributed by atoms with Crippen LogP contribution in [0, 0.1) is 0 Å². The summed E-state index contributed by atoms with van der Waals surface area (Å²) < 4.78 is 41.3. The minimum absolute atomic E-state index is 0.170. The van der Waals surface area contributed by atoms with E-state index in [1.807, 2.05) is 158 Å². The fraction of sp³-hybridized carbons (Fsp3) is 0.321. The van der Waals surface area contributed by atoms with Gasteiger partial charge in [-0.1, -0.05) is 170 Å². The molecule has 6 aromatic rings. The summed E-state index contributed by atoms with van der Waals surface area (Å²) in [6, 6.07) is 60.2. The molecule has 0 bridgehead atoms. The van der Waals surface area contributed by atoms with Crippen LogP contribution in [0.4, 0.5) is 0 Å². The molecule has 0 aliphatic heterocycles. The Hall–Kier alpha value is -4.65. The van der Waals surface area contributed by atoms with Crippen LogP contribution in [0.3, 0.4) is 0 Å². The summed E-state index contributed by atoms with van der Waals surface area (Å²) >= 11 is 1.68. The van der Waals surface area contributed by atoms with Gasteiger partial charge in [0.25, 0.3) is 0 Å². The molecule has 0 saturated heterocycles. The number of aliphatic hydroxyl groups is 2. The lowest BCUT2D eigenvalue weighted by Crippen LogP contribution is -2.63. The number of benzene rings is 6. The molecule has 0 amide bonds. The Labute approximate surface area is 369 Å². The quantitative estimate of drug-likeness (QED) is 0.0827. The molecule has 322 valence electrons.